The minimum absolute atomic E-state index is 0.328. The van der Waals surface area contributed by atoms with Crippen molar-refractivity contribution in [3.05, 3.63) is 47.9 Å². The summed E-state index contributed by atoms with van der Waals surface area (Å²) in [7, 11) is 0. The molecule has 0 spiro atoms. The molecule has 1 aromatic carbocycles. The number of halogens is 3. The summed E-state index contributed by atoms with van der Waals surface area (Å²) in [5.74, 6) is 0.862. The van der Waals surface area contributed by atoms with E-state index >= 15 is 0 Å². The van der Waals surface area contributed by atoms with E-state index in [-0.39, 0.29) is 0 Å². The van der Waals surface area contributed by atoms with Gasteiger partial charge in [0.15, 0.2) is 11.5 Å². The van der Waals surface area contributed by atoms with Crippen LogP contribution in [0.1, 0.15) is 11.4 Å². The Kier molecular flexibility index (Phi) is 2.70. The van der Waals surface area contributed by atoms with Crippen LogP contribution < -0.4 is 0 Å². The summed E-state index contributed by atoms with van der Waals surface area (Å²) < 4.78 is 39.7. The zero-order chi connectivity index (χ0) is 14.3. The molecule has 3 aromatic rings. The van der Waals surface area contributed by atoms with Gasteiger partial charge in [0.2, 0.25) is 0 Å². The smallest absolute Gasteiger partial charge is 0.236 e. The molecular formula is C13H9F3N4. The third-order valence-corrected chi connectivity index (χ3v) is 2.81. The van der Waals surface area contributed by atoms with Crippen LogP contribution in [-0.2, 0) is 6.18 Å². The van der Waals surface area contributed by atoms with Gasteiger partial charge in [-0.3, -0.25) is 0 Å². The Labute approximate surface area is 111 Å². The maximum absolute atomic E-state index is 12.7. The molecule has 0 aliphatic heterocycles. The highest BCUT2D eigenvalue weighted by atomic mass is 19.4. The Morgan fingerprint density at radius 2 is 1.95 bits per heavy atom. The maximum Gasteiger partial charge on any atom is 0.416 e. The summed E-state index contributed by atoms with van der Waals surface area (Å²) in [6, 6.07) is 6.64. The van der Waals surface area contributed by atoms with Gasteiger partial charge >= 0.3 is 6.18 Å². The standard InChI is InChI=1S/C13H9F3N4/c1-8-18-11-5-6-17-12(20(11)19-8)9-3-2-4-10(7-9)13(14,15)16/h2-7H,1H3. The van der Waals surface area contributed by atoms with E-state index in [2.05, 4.69) is 15.1 Å². The quantitative estimate of drug-likeness (QED) is 0.687. The maximum atomic E-state index is 12.7. The van der Waals surface area contributed by atoms with Crippen molar-refractivity contribution in [2.45, 2.75) is 13.1 Å². The number of alkyl halides is 3. The Morgan fingerprint density at radius 3 is 2.70 bits per heavy atom. The number of hydrogen-bond acceptors (Lipinski definition) is 3. The van der Waals surface area contributed by atoms with Crippen molar-refractivity contribution in [3.63, 3.8) is 0 Å². The van der Waals surface area contributed by atoms with Crippen LogP contribution in [0.2, 0.25) is 0 Å². The molecule has 0 aliphatic rings. The second-order valence-electron chi connectivity index (χ2n) is 4.28. The first kappa shape index (κ1) is 12.6. The number of nitrogens with zero attached hydrogens (tertiary/aromatic N) is 4. The molecule has 0 bridgehead atoms. The van der Waals surface area contributed by atoms with Crippen LogP contribution in [0.25, 0.3) is 17.0 Å². The first-order chi connectivity index (χ1) is 9.45. The predicted octanol–water partition coefficient (Wildman–Crippen LogP) is 3.12. The second-order valence-corrected chi connectivity index (χ2v) is 4.28. The van der Waals surface area contributed by atoms with Crippen LogP contribution in [0.5, 0.6) is 0 Å². The molecule has 20 heavy (non-hydrogen) atoms. The van der Waals surface area contributed by atoms with Crippen molar-refractivity contribution in [3.8, 4) is 11.4 Å². The second kappa shape index (κ2) is 4.29. The number of aromatic nitrogens is 4. The molecule has 0 saturated heterocycles. The highest BCUT2D eigenvalue weighted by Crippen LogP contribution is 2.31. The van der Waals surface area contributed by atoms with Gasteiger partial charge in [0.1, 0.15) is 5.82 Å². The zero-order valence-corrected chi connectivity index (χ0v) is 10.4. The first-order valence-electron chi connectivity index (χ1n) is 5.81. The number of fused-ring (bicyclic) bond motifs is 1. The number of aryl methyl sites for hydroxylation is 1. The number of hydrogen-bond donors (Lipinski definition) is 0. The summed E-state index contributed by atoms with van der Waals surface area (Å²) in [6.45, 7) is 1.71. The molecule has 0 N–H and O–H groups in total. The predicted molar refractivity (Wildman–Crippen MR) is 66.0 cm³/mol. The molecule has 7 heteroatoms. The van der Waals surface area contributed by atoms with Crippen molar-refractivity contribution in [2.75, 3.05) is 0 Å². The summed E-state index contributed by atoms with van der Waals surface area (Å²) in [6.07, 6.45) is -2.89. The SMILES string of the molecule is Cc1nc2ccnc(-c3cccc(C(F)(F)F)c3)n2n1. The van der Waals surface area contributed by atoms with Gasteiger partial charge in [0.25, 0.3) is 0 Å². The summed E-state index contributed by atoms with van der Waals surface area (Å²) >= 11 is 0. The highest BCUT2D eigenvalue weighted by Gasteiger charge is 2.30. The van der Waals surface area contributed by atoms with E-state index in [0.29, 0.717) is 22.9 Å². The van der Waals surface area contributed by atoms with Gasteiger partial charge in [-0.05, 0) is 19.1 Å². The molecule has 0 atom stereocenters. The van der Waals surface area contributed by atoms with E-state index in [1.807, 2.05) is 0 Å². The molecule has 2 heterocycles. The van der Waals surface area contributed by atoms with E-state index in [1.54, 1.807) is 19.1 Å². The molecule has 0 aliphatic carbocycles. The molecule has 2 aromatic heterocycles. The zero-order valence-electron chi connectivity index (χ0n) is 10.4. The normalized spacial score (nSPS) is 12.0. The molecule has 4 nitrogen and oxygen atoms in total. The minimum atomic E-state index is -4.39. The molecule has 0 unspecified atom stereocenters. The van der Waals surface area contributed by atoms with E-state index in [0.717, 1.165) is 12.1 Å². The van der Waals surface area contributed by atoms with E-state index in [1.165, 1.54) is 16.8 Å². The van der Waals surface area contributed by atoms with Crippen molar-refractivity contribution < 1.29 is 13.2 Å². The van der Waals surface area contributed by atoms with Gasteiger partial charge in [-0.15, -0.1) is 5.10 Å². The third kappa shape index (κ3) is 2.11. The monoisotopic (exact) mass is 278 g/mol. The lowest BCUT2D eigenvalue weighted by Gasteiger charge is -2.08. The molecular weight excluding hydrogens is 269 g/mol. The van der Waals surface area contributed by atoms with Gasteiger partial charge in [-0.1, -0.05) is 12.1 Å². The van der Waals surface area contributed by atoms with Gasteiger partial charge in [0.05, 0.1) is 5.56 Å². The average Bonchev–Trinajstić information content (AvgIpc) is 2.77. The van der Waals surface area contributed by atoms with Gasteiger partial charge in [-0.2, -0.15) is 17.7 Å². The Morgan fingerprint density at radius 1 is 1.15 bits per heavy atom. The highest BCUT2D eigenvalue weighted by molar-refractivity contribution is 5.59. The molecule has 0 radical (unpaired) electrons. The van der Waals surface area contributed by atoms with Crippen LogP contribution in [0.15, 0.2) is 36.5 Å². The molecule has 102 valence electrons. The van der Waals surface area contributed by atoms with Gasteiger partial charge < -0.3 is 0 Å². The van der Waals surface area contributed by atoms with Crippen molar-refractivity contribution in [1.82, 2.24) is 19.6 Å². The largest absolute Gasteiger partial charge is 0.416 e. The molecule has 0 amide bonds. The van der Waals surface area contributed by atoms with Crippen LogP contribution >= 0.6 is 0 Å². The van der Waals surface area contributed by atoms with Crippen LogP contribution in [-0.4, -0.2) is 19.6 Å². The number of benzene rings is 1. The van der Waals surface area contributed by atoms with Gasteiger partial charge in [-0.25, -0.2) is 9.97 Å². The average molecular weight is 278 g/mol. The fraction of sp³-hybridized carbons (Fsp3) is 0.154. The van der Waals surface area contributed by atoms with Crippen molar-refractivity contribution >= 4 is 5.65 Å². The molecule has 0 fully saturated rings. The molecule has 3 rings (SSSR count). The third-order valence-electron chi connectivity index (χ3n) is 2.81. The lowest BCUT2D eigenvalue weighted by Crippen LogP contribution is -2.05. The van der Waals surface area contributed by atoms with Crippen LogP contribution in [0.3, 0.4) is 0 Å². The van der Waals surface area contributed by atoms with Crippen LogP contribution in [0, 0.1) is 6.92 Å². The number of rotatable bonds is 1. The van der Waals surface area contributed by atoms with E-state index in [4.69, 9.17) is 0 Å². The van der Waals surface area contributed by atoms with Gasteiger partial charge in [0, 0.05) is 17.8 Å². The Balaban J connectivity index is 2.21. The fourth-order valence-corrected chi connectivity index (χ4v) is 1.96. The topological polar surface area (TPSA) is 43.1 Å². The van der Waals surface area contributed by atoms with E-state index in [9.17, 15) is 13.2 Å². The van der Waals surface area contributed by atoms with Crippen molar-refractivity contribution in [1.29, 1.82) is 0 Å². The summed E-state index contributed by atoms with van der Waals surface area (Å²) in [5.41, 5.74) is 0.172. The Hall–Kier alpha value is -2.44. The Bertz CT molecular complexity index is 777. The summed E-state index contributed by atoms with van der Waals surface area (Å²) in [5, 5.41) is 4.14. The lowest BCUT2D eigenvalue weighted by atomic mass is 10.1. The first-order valence-corrected chi connectivity index (χ1v) is 5.81. The minimum Gasteiger partial charge on any atom is -0.236 e. The van der Waals surface area contributed by atoms with Crippen molar-refractivity contribution in [2.24, 2.45) is 0 Å². The van der Waals surface area contributed by atoms with E-state index < -0.39 is 11.7 Å². The molecule has 0 saturated carbocycles. The van der Waals surface area contributed by atoms with Crippen LogP contribution in [0.4, 0.5) is 13.2 Å². The lowest BCUT2D eigenvalue weighted by molar-refractivity contribution is -0.137. The summed E-state index contributed by atoms with van der Waals surface area (Å²) in [4.78, 5) is 8.27. The fourth-order valence-electron chi connectivity index (χ4n) is 1.96.